The molecule has 0 heterocycles. The van der Waals surface area contributed by atoms with Crippen LogP contribution in [0.1, 0.15) is 36.8 Å². The number of hydrogen-bond acceptors (Lipinski definition) is 3. The second-order valence-electron chi connectivity index (χ2n) is 4.74. The van der Waals surface area contributed by atoms with Crippen LogP contribution in [-0.2, 0) is 0 Å². The monoisotopic (exact) mass is 247 g/mol. The summed E-state index contributed by atoms with van der Waals surface area (Å²) in [5, 5.41) is 0. The second-order valence-corrected chi connectivity index (χ2v) is 4.74. The Bertz CT molecular complexity index is 437. The lowest BCUT2D eigenvalue weighted by Crippen LogP contribution is -2.32. The molecule has 1 aromatic carbocycles. The number of amidine groups is 1. The second kappa shape index (κ2) is 5.87. The van der Waals surface area contributed by atoms with Crippen LogP contribution in [0, 0.1) is 6.92 Å². The van der Waals surface area contributed by atoms with Gasteiger partial charge in [0.25, 0.3) is 0 Å². The van der Waals surface area contributed by atoms with Crippen molar-refractivity contribution in [3.8, 4) is 5.75 Å². The largest absolute Gasteiger partial charge is 0.496 e. The molecule has 0 aromatic heterocycles. The first-order valence-electron chi connectivity index (χ1n) is 6.44. The van der Waals surface area contributed by atoms with E-state index < -0.39 is 0 Å². The molecule has 0 aliphatic heterocycles. The van der Waals surface area contributed by atoms with Crippen LogP contribution in [-0.4, -0.2) is 19.0 Å². The molecule has 0 spiro atoms. The lowest BCUT2D eigenvalue weighted by Gasteiger charge is -2.12. The number of aryl methyl sites for hydroxylation is 1. The molecule has 0 bridgehead atoms. The van der Waals surface area contributed by atoms with Gasteiger partial charge in [0.15, 0.2) is 0 Å². The van der Waals surface area contributed by atoms with Crippen LogP contribution < -0.4 is 16.0 Å². The molecule has 18 heavy (non-hydrogen) atoms. The Morgan fingerprint density at radius 3 is 2.72 bits per heavy atom. The summed E-state index contributed by atoms with van der Waals surface area (Å²) >= 11 is 0. The van der Waals surface area contributed by atoms with E-state index in [1.165, 1.54) is 12.8 Å². The smallest absolute Gasteiger partial charge is 0.142 e. The predicted octanol–water partition coefficient (Wildman–Crippen LogP) is 2.16. The summed E-state index contributed by atoms with van der Waals surface area (Å²) in [4.78, 5) is 4.69. The first kappa shape index (κ1) is 12.9. The zero-order valence-electron chi connectivity index (χ0n) is 11.1. The van der Waals surface area contributed by atoms with Gasteiger partial charge in [-0.15, -0.1) is 0 Å². The summed E-state index contributed by atoms with van der Waals surface area (Å²) in [6.07, 6.45) is 4.86. The van der Waals surface area contributed by atoms with Crippen LogP contribution in [0.15, 0.2) is 23.2 Å². The molecular weight excluding hydrogens is 226 g/mol. The van der Waals surface area contributed by atoms with Crippen molar-refractivity contribution in [3.05, 3.63) is 29.3 Å². The Morgan fingerprint density at radius 2 is 2.11 bits per heavy atom. The van der Waals surface area contributed by atoms with Crippen LogP contribution in [0.5, 0.6) is 5.75 Å². The average Bonchev–Trinajstić information content (AvgIpc) is 2.89. The Kier molecular flexibility index (Phi) is 4.20. The van der Waals surface area contributed by atoms with Gasteiger partial charge in [0.2, 0.25) is 0 Å². The lowest BCUT2D eigenvalue weighted by molar-refractivity contribution is 0.411. The van der Waals surface area contributed by atoms with Crippen molar-refractivity contribution < 1.29 is 4.74 Å². The zero-order chi connectivity index (χ0) is 13.0. The number of hydrazine groups is 1. The minimum atomic E-state index is 0.406. The zero-order valence-corrected chi connectivity index (χ0v) is 11.1. The maximum Gasteiger partial charge on any atom is 0.142 e. The van der Waals surface area contributed by atoms with Gasteiger partial charge in [-0.1, -0.05) is 25.0 Å². The SMILES string of the molecule is COc1cc(C(=NC2CCCC2)NN)ccc1C. The van der Waals surface area contributed by atoms with E-state index in [1.54, 1.807) is 7.11 Å². The molecule has 2 rings (SSSR count). The van der Waals surface area contributed by atoms with Gasteiger partial charge in [0.05, 0.1) is 13.2 Å². The molecule has 0 atom stereocenters. The van der Waals surface area contributed by atoms with E-state index in [0.29, 0.717) is 6.04 Å². The third-order valence-corrected chi connectivity index (χ3v) is 3.45. The van der Waals surface area contributed by atoms with Crippen molar-refractivity contribution in [2.45, 2.75) is 38.6 Å². The molecule has 0 unspecified atom stereocenters. The minimum absolute atomic E-state index is 0.406. The van der Waals surface area contributed by atoms with Crippen molar-refractivity contribution in [3.63, 3.8) is 0 Å². The molecule has 1 aliphatic carbocycles. The summed E-state index contributed by atoms with van der Waals surface area (Å²) in [5.74, 6) is 7.20. The Hall–Kier alpha value is -1.55. The maximum absolute atomic E-state index is 5.59. The first-order chi connectivity index (χ1) is 8.74. The van der Waals surface area contributed by atoms with Gasteiger partial charge in [0.1, 0.15) is 11.6 Å². The number of ether oxygens (including phenoxy) is 1. The first-order valence-corrected chi connectivity index (χ1v) is 6.44. The van der Waals surface area contributed by atoms with Crippen molar-refractivity contribution in [2.24, 2.45) is 10.8 Å². The lowest BCUT2D eigenvalue weighted by atomic mass is 10.1. The van der Waals surface area contributed by atoms with Crippen LogP contribution in [0.4, 0.5) is 0 Å². The fraction of sp³-hybridized carbons (Fsp3) is 0.500. The summed E-state index contributed by atoms with van der Waals surface area (Å²) in [6, 6.07) is 6.42. The van der Waals surface area contributed by atoms with Crippen LogP contribution >= 0.6 is 0 Å². The summed E-state index contributed by atoms with van der Waals surface area (Å²) < 4.78 is 5.33. The van der Waals surface area contributed by atoms with Crippen molar-refractivity contribution >= 4 is 5.84 Å². The van der Waals surface area contributed by atoms with Gasteiger partial charge in [0, 0.05) is 5.56 Å². The molecule has 4 heteroatoms. The molecule has 1 aliphatic rings. The van der Waals surface area contributed by atoms with Gasteiger partial charge in [-0.3, -0.25) is 4.99 Å². The topological polar surface area (TPSA) is 59.6 Å². The quantitative estimate of drug-likeness (QED) is 0.372. The number of methoxy groups -OCH3 is 1. The van der Waals surface area contributed by atoms with E-state index in [0.717, 1.165) is 35.6 Å². The number of aliphatic imine (C=N–C) groups is 1. The van der Waals surface area contributed by atoms with E-state index in [2.05, 4.69) is 5.43 Å². The van der Waals surface area contributed by atoms with Gasteiger partial charge < -0.3 is 10.2 Å². The highest BCUT2D eigenvalue weighted by Crippen LogP contribution is 2.23. The fourth-order valence-corrected chi connectivity index (χ4v) is 2.38. The Balaban J connectivity index is 2.26. The van der Waals surface area contributed by atoms with E-state index in [1.807, 2.05) is 25.1 Å². The highest BCUT2D eigenvalue weighted by atomic mass is 16.5. The summed E-state index contributed by atoms with van der Waals surface area (Å²) in [5.41, 5.74) is 4.80. The van der Waals surface area contributed by atoms with Gasteiger partial charge in [-0.05, 0) is 31.4 Å². The average molecular weight is 247 g/mol. The number of nitrogens with one attached hydrogen (secondary N) is 1. The Morgan fingerprint density at radius 1 is 1.39 bits per heavy atom. The highest BCUT2D eigenvalue weighted by molar-refractivity contribution is 5.99. The molecule has 0 saturated heterocycles. The fourth-order valence-electron chi connectivity index (χ4n) is 2.38. The molecule has 0 radical (unpaired) electrons. The number of nitrogens with zero attached hydrogens (tertiary/aromatic N) is 1. The van der Waals surface area contributed by atoms with Crippen LogP contribution in [0.2, 0.25) is 0 Å². The minimum Gasteiger partial charge on any atom is -0.496 e. The van der Waals surface area contributed by atoms with Crippen molar-refractivity contribution in [2.75, 3.05) is 7.11 Å². The normalized spacial score (nSPS) is 16.9. The summed E-state index contributed by atoms with van der Waals surface area (Å²) in [7, 11) is 1.68. The molecule has 0 amide bonds. The third-order valence-electron chi connectivity index (χ3n) is 3.45. The van der Waals surface area contributed by atoms with Crippen molar-refractivity contribution in [1.29, 1.82) is 0 Å². The van der Waals surface area contributed by atoms with E-state index in [-0.39, 0.29) is 0 Å². The molecular formula is C14H21N3O. The Labute approximate surface area is 108 Å². The molecule has 1 aromatic rings. The molecule has 3 N–H and O–H groups in total. The van der Waals surface area contributed by atoms with Crippen LogP contribution in [0.3, 0.4) is 0 Å². The number of nitrogens with two attached hydrogens (primary N) is 1. The maximum atomic E-state index is 5.59. The molecule has 1 fully saturated rings. The third kappa shape index (κ3) is 2.82. The van der Waals surface area contributed by atoms with Crippen LogP contribution in [0.25, 0.3) is 0 Å². The van der Waals surface area contributed by atoms with Gasteiger partial charge in [-0.25, -0.2) is 5.84 Å². The molecule has 4 nitrogen and oxygen atoms in total. The standard InChI is InChI=1S/C14H21N3O/c1-10-7-8-11(9-13(10)18-2)14(17-15)16-12-5-3-4-6-12/h7-9,12H,3-6,15H2,1-2H3,(H,16,17). The van der Waals surface area contributed by atoms with Crippen molar-refractivity contribution in [1.82, 2.24) is 5.43 Å². The summed E-state index contributed by atoms with van der Waals surface area (Å²) in [6.45, 7) is 2.02. The molecule has 1 saturated carbocycles. The highest BCUT2D eigenvalue weighted by Gasteiger charge is 2.15. The number of benzene rings is 1. The molecule has 98 valence electrons. The number of hydrogen-bond donors (Lipinski definition) is 2. The van der Waals surface area contributed by atoms with E-state index in [4.69, 9.17) is 15.6 Å². The van der Waals surface area contributed by atoms with Gasteiger partial charge in [-0.2, -0.15) is 0 Å². The van der Waals surface area contributed by atoms with E-state index >= 15 is 0 Å². The number of rotatable bonds is 3. The van der Waals surface area contributed by atoms with E-state index in [9.17, 15) is 0 Å². The van der Waals surface area contributed by atoms with Gasteiger partial charge >= 0.3 is 0 Å². The predicted molar refractivity (Wildman–Crippen MR) is 73.8 cm³/mol.